The second kappa shape index (κ2) is 8.29. The fourth-order valence-corrected chi connectivity index (χ4v) is 4.15. The highest BCUT2D eigenvalue weighted by Gasteiger charge is 2.21. The highest BCUT2D eigenvalue weighted by Crippen LogP contribution is 2.23. The van der Waals surface area contributed by atoms with Crippen LogP contribution in [0.2, 0.25) is 5.02 Å². The maximum absolute atomic E-state index is 12.7. The molecule has 2 N–H and O–H groups in total. The molecule has 1 fully saturated rings. The Labute approximate surface area is 163 Å². The first kappa shape index (κ1) is 19.7. The normalized spacial score (nSPS) is 16.9. The number of anilines is 1. The van der Waals surface area contributed by atoms with E-state index in [2.05, 4.69) is 10.0 Å². The van der Waals surface area contributed by atoms with Crippen molar-refractivity contribution in [3.05, 3.63) is 58.6 Å². The number of hydrogen-bond acceptors (Lipinski definition) is 4. The van der Waals surface area contributed by atoms with Crippen LogP contribution in [0.15, 0.2) is 47.4 Å². The van der Waals surface area contributed by atoms with E-state index in [9.17, 15) is 13.2 Å². The van der Waals surface area contributed by atoms with Crippen molar-refractivity contribution in [3.8, 4) is 0 Å². The van der Waals surface area contributed by atoms with Gasteiger partial charge in [0.05, 0.1) is 21.6 Å². The first-order chi connectivity index (χ1) is 12.8. The van der Waals surface area contributed by atoms with E-state index in [1.54, 1.807) is 18.2 Å². The SMILES string of the molecule is Cc1cccc(NS(=O)(=O)c2ccc(Cl)c(C(=O)NC[C@H]3CCCO3)c2)c1. The summed E-state index contributed by atoms with van der Waals surface area (Å²) in [6.45, 7) is 2.93. The lowest BCUT2D eigenvalue weighted by Crippen LogP contribution is -2.32. The first-order valence-electron chi connectivity index (χ1n) is 8.64. The quantitative estimate of drug-likeness (QED) is 0.767. The topological polar surface area (TPSA) is 84.5 Å². The highest BCUT2D eigenvalue weighted by atomic mass is 35.5. The van der Waals surface area contributed by atoms with Crippen LogP contribution in [0.5, 0.6) is 0 Å². The molecule has 0 aromatic heterocycles. The second-order valence-electron chi connectivity index (χ2n) is 6.46. The Kier molecular flexibility index (Phi) is 6.04. The van der Waals surface area contributed by atoms with Gasteiger partial charge in [-0.15, -0.1) is 0 Å². The van der Waals surface area contributed by atoms with Gasteiger partial charge in [0, 0.05) is 18.8 Å². The van der Waals surface area contributed by atoms with Gasteiger partial charge in [0.2, 0.25) is 0 Å². The van der Waals surface area contributed by atoms with Crippen LogP contribution < -0.4 is 10.0 Å². The Bertz CT molecular complexity index is 940. The van der Waals surface area contributed by atoms with Crippen LogP contribution in [0.4, 0.5) is 5.69 Å². The molecule has 8 heteroatoms. The van der Waals surface area contributed by atoms with Crippen molar-refractivity contribution in [1.29, 1.82) is 0 Å². The average molecular weight is 409 g/mol. The van der Waals surface area contributed by atoms with E-state index in [1.165, 1.54) is 18.2 Å². The van der Waals surface area contributed by atoms with Gasteiger partial charge in [0.25, 0.3) is 15.9 Å². The molecular formula is C19H21ClN2O4S. The molecule has 0 unspecified atom stereocenters. The molecule has 1 atom stereocenters. The molecule has 0 spiro atoms. The maximum Gasteiger partial charge on any atom is 0.261 e. The molecule has 6 nitrogen and oxygen atoms in total. The van der Waals surface area contributed by atoms with Crippen molar-refractivity contribution in [2.45, 2.75) is 30.8 Å². The van der Waals surface area contributed by atoms with Crippen LogP contribution in [-0.4, -0.2) is 33.6 Å². The summed E-state index contributed by atoms with van der Waals surface area (Å²) in [4.78, 5) is 12.4. The molecule has 3 rings (SSSR count). The van der Waals surface area contributed by atoms with E-state index >= 15 is 0 Å². The number of halogens is 1. The van der Waals surface area contributed by atoms with Gasteiger partial charge in [0.15, 0.2) is 0 Å². The van der Waals surface area contributed by atoms with Gasteiger partial charge in [-0.3, -0.25) is 9.52 Å². The lowest BCUT2D eigenvalue weighted by molar-refractivity contribution is 0.0857. The van der Waals surface area contributed by atoms with Gasteiger partial charge in [-0.2, -0.15) is 0 Å². The van der Waals surface area contributed by atoms with E-state index in [-0.39, 0.29) is 21.6 Å². The molecule has 1 aliphatic heterocycles. The molecule has 1 heterocycles. The molecule has 0 aliphatic carbocycles. The molecule has 2 aromatic carbocycles. The lowest BCUT2D eigenvalue weighted by Gasteiger charge is -2.13. The summed E-state index contributed by atoms with van der Waals surface area (Å²) in [6.07, 6.45) is 1.85. The summed E-state index contributed by atoms with van der Waals surface area (Å²) >= 11 is 6.11. The first-order valence-corrected chi connectivity index (χ1v) is 10.5. The minimum Gasteiger partial charge on any atom is -0.376 e. The van der Waals surface area contributed by atoms with E-state index in [1.807, 2.05) is 13.0 Å². The number of benzene rings is 2. The van der Waals surface area contributed by atoms with Crippen molar-refractivity contribution in [2.24, 2.45) is 0 Å². The van der Waals surface area contributed by atoms with E-state index < -0.39 is 15.9 Å². The van der Waals surface area contributed by atoms with Crippen molar-refractivity contribution in [3.63, 3.8) is 0 Å². The third kappa shape index (κ3) is 5.00. The Balaban J connectivity index is 1.77. The van der Waals surface area contributed by atoms with Crippen molar-refractivity contribution < 1.29 is 17.9 Å². The molecule has 1 saturated heterocycles. The standard InChI is InChI=1S/C19H21ClN2O4S/c1-13-4-2-5-14(10-13)22-27(24,25)16-7-8-18(20)17(11-16)19(23)21-12-15-6-3-9-26-15/h2,4-5,7-8,10-11,15,22H,3,6,9,12H2,1H3,(H,21,23)/t15-/m1/s1. The predicted molar refractivity (Wildman–Crippen MR) is 105 cm³/mol. The summed E-state index contributed by atoms with van der Waals surface area (Å²) in [5.74, 6) is -0.428. The summed E-state index contributed by atoms with van der Waals surface area (Å²) < 4.78 is 33.3. The Morgan fingerprint density at radius 2 is 2.07 bits per heavy atom. The number of nitrogens with one attached hydrogen (secondary N) is 2. The zero-order valence-corrected chi connectivity index (χ0v) is 16.4. The number of hydrogen-bond donors (Lipinski definition) is 2. The molecule has 27 heavy (non-hydrogen) atoms. The number of amides is 1. The lowest BCUT2D eigenvalue weighted by atomic mass is 10.2. The number of aryl methyl sites for hydroxylation is 1. The minimum atomic E-state index is -3.85. The van der Waals surface area contributed by atoms with Crippen LogP contribution in [0, 0.1) is 6.92 Å². The molecule has 0 radical (unpaired) electrons. The van der Waals surface area contributed by atoms with Crippen LogP contribution >= 0.6 is 11.6 Å². The van der Waals surface area contributed by atoms with E-state index in [0.717, 1.165) is 18.4 Å². The molecule has 0 bridgehead atoms. The summed E-state index contributed by atoms with van der Waals surface area (Å²) in [7, 11) is -3.85. The average Bonchev–Trinajstić information content (AvgIpc) is 3.13. The third-order valence-electron chi connectivity index (χ3n) is 4.28. The second-order valence-corrected chi connectivity index (χ2v) is 8.55. The molecule has 144 valence electrons. The van der Waals surface area contributed by atoms with Gasteiger partial charge < -0.3 is 10.1 Å². The number of carbonyl (C=O) groups is 1. The van der Waals surface area contributed by atoms with Crippen LogP contribution in [0.3, 0.4) is 0 Å². The largest absolute Gasteiger partial charge is 0.376 e. The highest BCUT2D eigenvalue weighted by molar-refractivity contribution is 7.92. The molecule has 0 saturated carbocycles. The van der Waals surface area contributed by atoms with Crippen LogP contribution in [-0.2, 0) is 14.8 Å². The van der Waals surface area contributed by atoms with Crippen molar-refractivity contribution in [1.82, 2.24) is 5.32 Å². The molecule has 1 amide bonds. The van der Waals surface area contributed by atoms with Gasteiger partial charge in [-0.05, 0) is 55.7 Å². The Hall–Kier alpha value is -2.09. The minimum absolute atomic E-state index is 0.0115. The fraction of sp³-hybridized carbons (Fsp3) is 0.316. The van der Waals surface area contributed by atoms with Gasteiger partial charge in [-0.1, -0.05) is 23.7 Å². The maximum atomic E-state index is 12.7. The van der Waals surface area contributed by atoms with Crippen LogP contribution in [0.25, 0.3) is 0 Å². The van der Waals surface area contributed by atoms with E-state index in [4.69, 9.17) is 16.3 Å². The molecule has 2 aromatic rings. The Morgan fingerprint density at radius 3 is 2.78 bits per heavy atom. The summed E-state index contributed by atoms with van der Waals surface area (Å²) in [6, 6.07) is 11.1. The molecule has 1 aliphatic rings. The van der Waals surface area contributed by atoms with Crippen molar-refractivity contribution >= 4 is 33.2 Å². The molecular weight excluding hydrogens is 388 g/mol. The zero-order chi connectivity index (χ0) is 19.4. The predicted octanol–water partition coefficient (Wildman–Crippen LogP) is 3.36. The van der Waals surface area contributed by atoms with E-state index in [0.29, 0.717) is 18.8 Å². The van der Waals surface area contributed by atoms with Gasteiger partial charge >= 0.3 is 0 Å². The van der Waals surface area contributed by atoms with Gasteiger partial charge in [-0.25, -0.2) is 8.42 Å². The summed E-state index contributed by atoms with van der Waals surface area (Å²) in [5.41, 5.74) is 1.50. The van der Waals surface area contributed by atoms with Gasteiger partial charge in [0.1, 0.15) is 0 Å². The number of carbonyl (C=O) groups excluding carboxylic acids is 1. The Morgan fingerprint density at radius 1 is 1.26 bits per heavy atom. The fourth-order valence-electron chi connectivity index (χ4n) is 2.88. The smallest absolute Gasteiger partial charge is 0.261 e. The zero-order valence-electron chi connectivity index (χ0n) is 14.9. The number of sulfonamides is 1. The summed E-state index contributed by atoms with van der Waals surface area (Å²) in [5, 5.41) is 2.94. The third-order valence-corrected chi connectivity index (χ3v) is 5.99. The van der Waals surface area contributed by atoms with Crippen LogP contribution in [0.1, 0.15) is 28.8 Å². The number of ether oxygens (including phenoxy) is 1. The van der Waals surface area contributed by atoms with Crippen molar-refractivity contribution in [2.75, 3.05) is 17.9 Å². The number of rotatable bonds is 6. The monoisotopic (exact) mass is 408 g/mol.